The van der Waals surface area contributed by atoms with Crippen LogP contribution in [-0.4, -0.2) is 33.8 Å². The van der Waals surface area contributed by atoms with Crippen molar-refractivity contribution in [3.05, 3.63) is 11.5 Å². The number of anilines is 1. The molecule has 5 heteroatoms. The Bertz CT molecular complexity index is 568. The van der Waals surface area contributed by atoms with Crippen molar-refractivity contribution in [1.82, 2.24) is 19.7 Å². The summed E-state index contributed by atoms with van der Waals surface area (Å²) in [6.45, 7) is 9.14. The molecule has 0 radical (unpaired) electrons. The van der Waals surface area contributed by atoms with E-state index in [0.29, 0.717) is 5.92 Å². The average molecular weight is 247 g/mol. The molecular weight excluding hydrogens is 226 g/mol. The lowest BCUT2D eigenvalue weighted by atomic mass is 10.2. The Balaban J connectivity index is 2.83. The molecule has 5 nitrogen and oxygen atoms in total. The summed E-state index contributed by atoms with van der Waals surface area (Å²) in [6, 6.07) is 0. The summed E-state index contributed by atoms with van der Waals surface area (Å²) in [5, 5.41) is 4.54. The molecule has 0 aromatic carbocycles. The van der Waals surface area contributed by atoms with E-state index < -0.39 is 0 Å². The number of hydrogen-bond donors (Lipinski definition) is 0. The second-order valence-corrected chi connectivity index (χ2v) is 5.05. The summed E-state index contributed by atoms with van der Waals surface area (Å²) in [4.78, 5) is 11.4. The van der Waals surface area contributed by atoms with Gasteiger partial charge in [-0.15, -0.1) is 0 Å². The minimum absolute atomic E-state index is 0.317. The van der Waals surface area contributed by atoms with Gasteiger partial charge in [0.15, 0.2) is 5.82 Å². The van der Waals surface area contributed by atoms with Crippen molar-refractivity contribution in [2.24, 2.45) is 0 Å². The van der Waals surface area contributed by atoms with Crippen molar-refractivity contribution >= 4 is 16.9 Å². The Labute approximate surface area is 108 Å². The van der Waals surface area contributed by atoms with E-state index in [1.807, 2.05) is 30.6 Å². The van der Waals surface area contributed by atoms with Gasteiger partial charge in [0.2, 0.25) is 0 Å². The largest absolute Gasteiger partial charge is 0.361 e. The van der Waals surface area contributed by atoms with Crippen LogP contribution < -0.4 is 4.90 Å². The number of aryl methyl sites for hydroxylation is 2. The van der Waals surface area contributed by atoms with E-state index in [4.69, 9.17) is 0 Å². The van der Waals surface area contributed by atoms with Crippen molar-refractivity contribution in [2.75, 3.05) is 19.0 Å². The molecule has 0 saturated heterocycles. The number of nitrogens with zero attached hydrogens (tertiary/aromatic N) is 5. The van der Waals surface area contributed by atoms with Crippen LogP contribution in [0.25, 0.3) is 11.0 Å². The lowest BCUT2D eigenvalue weighted by molar-refractivity contribution is 0.674. The third-order valence-corrected chi connectivity index (χ3v) is 2.99. The summed E-state index contributed by atoms with van der Waals surface area (Å²) in [7, 11) is 4.02. The predicted octanol–water partition coefficient (Wildman–Crippen LogP) is 2.34. The molecule has 0 bridgehead atoms. The van der Waals surface area contributed by atoms with Gasteiger partial charge >= 0.3 is 0 Å². The Morgan fingerprint density at radius 3 is 2.39 bits per heavy atom. The summed E-state index contributed by atoms with van der Waals surface area (Å²) in [6.07, 6.45) is 0. The molecule has 2 heterocycles. The number of rotatable bonds is 3. The molecule has 2 rings (SSSR count). The maximum absolute atomic E-state index is 4.68. The van der Waals surface area contributed by atoms with Gasteiger partial charge in [0.05, 0.1) is 5.69 Å². The normalized spacial score (nSPS) is 11.5. The van der Waals surface area contributed by atoms with Crippen molar-refractivity contribution in [1.29, 1.82) is 0 Å². The van der Waals surface area contributed by atoms with Gasteiger partial charge in [0, 0.05) is 26.6 Å². The Hall–Kier alpha value is -1.65. The molecule has 18 heavy (non-hydrogen) atoms. The van der Waals surface area contributed by atoms with Gasteiger partial charge in [0.25, 0.3) is 0 Å². The predicted molar refractivity (Wildman–Crippen MR) is 74.2 cm³/mol. The molecule has 2 aromatic rings. The van der Waals surface area contributed by atoms with Gasteiger partial charge in [-0.2, -0.15) is 5.10 Å². The minimum atomic E-state index is 0.317. The second-order valence-electron chi connectivity index (χ2n) is 5.05. The Morgan fingerprint density at radius 2 is 1.89 bits per heavy atom. The molecule has 0 saturated carbocycles. The molecule has 0 amide bonds. The highest BCUT2D eigenvalue weighted by molar-refractivity contribution is 5.88. The quantitative estimate of drug-likeness (QED) is 0.835. The zero-order chi connectivity index (χ0) is 13.4. The van der Waals surface area contributed by atoms with Crippen LogP contribution in [0.1, 0.15) is 38.2 Å². The van der Waals surface area contributed by atoms with Crippen molar-refractivity contribution in [3.63, 3.8) is 0 Å². The standard InChI is InChI=1S/C13H21N5/c1-7-18-11-10(9(4)16-18)14-12(8(2)3)15-13(11)17(5)6/h8H,7H2,1-6H3. The van der Waals surface area contributed by atoms with Crippen LogP contribution in [0.2, 0.25) is 0 Å². The summed E-state index contributed by atoms with van der Waals surface area (Å²) in [5.74, 6) is 2.15. The molecule has 0 unspecified atom stereocenters. The van der Waals surface area contributed by atoms with Gasteiger partial charge < -0.3 is 4.90 Å². The number of aromatic nitrogens is 4. The highest BCUT2D eigenvalue weighted by Crippen LogP contribution is 2.26. The zero-order valence-electron chi connectivity index (χ0n) is 12.0. The molecule has 98 valence electrons. The van der Waals surface area contributed by atoms with Crippen LogP contribution in [0, 0.1) is 6.92 Å². The summed E-state index contributed by atoms with van der Waals surface area (Å²) in [5.41, 5.74) is 2.97. The first-order valence-corrected chi connectivity index (χ1v) is 6.38. The molecule has 0 N–H and O–H groups in total. The Morgan fingerprint density at radius 1 is 1.22 bits per heavy atom. The van der Waals surface area contributed by atoms with Crippen LogP contribution in [0.15, 0.2) is 0 Å². The lowest BCUT2D eigenvalue weighted by Gasteiger charge is -2.16. The molecule has 0 aliphatic carbocycles. The van der Waals surface area contributed by atoms with E-state index in [1.54, 1.807) is 0 Å². The molecule has 0 aliphatic heterocycles. The molecule has 0 aliphatic rings. The van der Waals surface area contributed by atoms with Crippen molar-refractivity contribution in [3.8, 4) is 0 Å². The van der Waals surface area contributed by atoms with Gasteiger partial charge in [-0.05, 0) is 13.8 Å². The van der Waals surface area contributed by atoms with E-state index in [0.717, 1.165) is 34.9 Å². The van der Waals surface area contributed by atoms with Crippen LogP contribution >= 0.6 is 0 Å². The van der Waals surface area contributed by atoms with Crippen LogP contribution in [0.3, 0.4) is 0 Å². The first-order chi connectivity index (χ1) is 8.45. The molecule has 2 aromatic heterocycles. The van der Waals surface area contributed by atoms with Crippen LogP contribution in [-0.2, 0) is 6.54 Å². The van der Waals surface area contributed by atoms with Crippen LogP contribution in [0.5, 0.6) is 0 Å². The molecule has 0 atom stereocenters. The molecule has 0 spiro atoms. The van der Waals surface area contributed by atoms with E-state index in [1.165, 1.54) is 0 Å². The first kappa shape index (κ1) is 12.8. The van der Waals surface area contributed by atoms with Gasteiger partial charge in [-0.3, -0.25) is 4.68 Å². The fourth-order valence-electron chi connectivity index (χ4n) is 2.03. The average Bonchev–Trinajstić information content (AvgIpc) is 2.65. The zero-order valence-corrected chi connectivity index (χ0v) is 12.0. The SMILES string of the molecule is CCn1nc(C)c2nc(C(C)C)nc(N(C)C)c21. The van der Waals surface area contributed by atoms with Crippen molar-refractivity contribution in [2.45, 2.75) is 40.2 Å². The van der Waals surface area contributed by atoms with E-state index in [2.05, 4.69) is 35.8 Å². The topological polar surface area (TPSA) is 46.8 Å². The highest BCUT2D eigenvalue weighted by atomic mass is 15.3. The van der Waals surface area contributed by atoms with E-state index >= 15 is 0 Å². The monoisotopic (exact) mass is 247 g/mol. The second kappa shape index (κ2) is 4.55. The van der Waals surface area contributed by atoms with Gasteiger partial charge in [-0.1, -0.05) is 13.8 Å². The third kappa shape index (κ3) is 1.94. The van der Waals surface area contributed by atoms with Gasteiger partial charge in [0.1, 0.15) is 16.9 Å². The lowest BCUT2D eigenvalue weighted by Crippen LogP contribution is -2.15. The summed E-state index contributed by atoms with van der Waals surface area (Å²) < 4.78 is 1.98. The summed E-state index contributed by atoms with van der Waals surface area (Å²) >= 11 is 0. The number of fused-ring (bicyclic) bond motifs is 1. The number of hydrogen-bond acceptors (Lipinski definition) is 4. The van der Waals surface area contributed by atoms with Crippen molar-refractivity contribution < 1.29 is 0 Å². The fraction of sp³-hybridized carbons (Fsp3) is 0.615. The maximum atomic E-state index is 4.68. The van der Waals surface area contributed by atoms with Gasteiger partial charge in [-0.25, -0.2) is 9.97 Å². The fourth-order valence-corrected chi connectivity index (χ4v) is 2.03. The third-order valence-electron chi connectivity index (χ3n) is 2.99. The Kier molecular flexibility index (Phi) is 3.24. The molecular formula is C13H21N5. The maximum Gasteiger partial charge on any atom is 0.158 e. The van der Waals surface area contributed by atoms with E-state index in [9.17, 15) is 0 Å². The first-order valence-electron chi connectivity index (χ1n) is 6.38. The van der Waals surface area contributed by atoms with Crippen LogP contribution in [0.4, 0.5) is 5.82 Å². The smallest absolute Gasteiger partial charge is 0.158 e. The van der Waals surface area contributed by atoms with E-state index in [-0.39, 0.29) is 0 Å². The molecule has 0 fully saturated rings. The highest BCUT2D eigenvalue weighted by Gasteiger charge is 2.18. The minimum Gasteiger partial charge on any atom is -0.361 e.